The Morgan fingerprint density at radius 2 is 2.12 bits per heavy atom. The number of nitrogens with zero attached hydrogens (tertiary/aromatic N) is 1. The largest absolute Gasteiger partial charge is 0.480 e. The van der Waals surface area contributed by atoms with Crippen LogP contribution in [0.5, 0.6) is 0 Å². The summed E-state index contributed by atoms with van der Waals surface area (Å²) in [5.41, 5.74) is -0.801. The molecule has 1 atom stereocenters. The zero-order valence-corrected chi connectivity index (χ0v) is 11.3. The van der Waals surface area contributed by atoms with Crippen LogP contribution in [0.4, 0.5) is 0 Å². The maximum absolute atomic E-state index is 11.4. The molecule has 1 rings (SSSR count). The van der Waals surface area contributed by atoms with Gasteiger partial charge in [0.1, 0.15) is 5.54 Å². The minimum Gasteiger partial charge on any atom is -0.480 e. The molecule has 1 aliphatic carbocycles. The topological polar surface area (TPSA) is 52.6 Å². The Morgan fingerprint density at radius 3 is 2.53 bits per heavy atom. The van der Waals surface area contributed by atoms with Crippen molar-refractivity contribution < 1.29 is 9.90 Å². The molecule has 17 heavy (non-hydrogen) atoms. The molecule has 100 valence electrons. The summed E-state index contributed by atoms with van der Waals surface area (Å²) in [5.74, 6) is -0.737. The first-order chi connectivity index (χ1) is 8.01. The maximum Gasteiger partial charge on any atom is 0.324 e. The van der Waals surface area contributed by atoms with Crippen molar-refractivity contribution >= 4 is 5.97 Å². The summed E-state index contributed by atoms with van der Waals surface area (Å²) in [6.45, 7) is 8.55. The van der Waals surface area contributed by atoms with E-state index in [-0.39, 0.29) is 0 Å². The highest BCUT2D eigenvalue weighted by Crippen LogP contribution is 2.23. The summed E-state index contributed by atoms with van der Waals surface area (Å²) in [4.78, 5) is 13.6. The summed E-state index contributed by atoms with van der Waals surface area (Å²) in [7, 11) is 0. The number of carboxylic acids is 1. The van der Waals surface area contributed by atoms with Crippen LogP contribution in [-0.2, 0) is 4.79 Å². The van der Waals surface area contributed by atoms with Gasteiger partial charge in [0.15, 0.2) is 0 Å². The highest BCUT2D eigenvalue weighted by Gasteiger charge is 2.39. The van der Waals surface area contributed by atoms with Gasteiger partial charge in [0, 0.05) is 12.6 Å². The number of nitrogens with one attached hydrogen (secondary N) is 1. The molecule has 1 fully saturated rings. The minimum atomic E-state index is -0.801. The first-order valence-electron chi connectivity index (χ1n) is 6.75. The highest BCUT2D eigenvalue weighted by molar-refractivity contribution is 5.78. The van der Waals surface area contributed by atoms with E-state index < -0.39 is 11.5 Å². The zero-order chi connectivity index (χ0) is 12.9. The van der Waals surface area contributed by atoms with Crippen molar-refractivity contribution in [2.24, 2.45) is 0 Å². The normalized spacial score (nSPS) is 19.3. The number of carboxylic acid groups (broad SMARTS) is 1. The number of hydrogen-bond acceptors (Lipinski definition) is 3. The number of rotatable bonds is 9. The molecule has 2 N–H and O–H groups in total. The van der Waals surface area contributed by atoms with Gasteiger partial charge in [-0.2, -0.15) is 0 Å². The summed E-state index contributed by atoms with van der Waals surface area (Å²) >= 11 is 0. The highest BCUT2D eigenvalue weighted by atomic mass is 16.4. The van der Waals surface area contributed by atoms with Crippen LogP contribution in [0.3, 0.4) is 0 Å². The molecule has 0 heterocycles. The molecule has 0 amide bonds. The van der Waals surface area contributed by atoms with Gasteiger partial charge in [0.2, 0.25) is 0 Å². The number of hydrogen-bond donors (Lipinski definition) is 2. The van der Waals surface area contributed by atoms with E-state index >= 15 is 0 Å². The molecule has 0 spiro atoms. The fraction of sp³-hybridized carbons (Fsp3) is 0.923. The van der Waals surface area contributed by atoms with Crippen LogP contribution >= 0.6 is 0 Å². The summed E-state index contributed by atoms with van der Waals surface area (Å²) in [5, 5.41) is 12.7. The lowest BCUT2D eigenvalue weighted by molar-refractivity contribution is -0.145. The molecular formula is C13H26N2O2. The van der Waals surface area contributed by atoms with E-state index in [9.17, 15) is 9.90 Å². The second-order valence-electron chi connectivity index (χ2n) is 5.28. The average Bonchev–Trinajstić information content (AvgIpc) is 3.07. The van der Waals surface area contributed by atoms with Gasteiger partial charge in [-0.15, -0.1) is 0 Å². The van der Waals surface area contributed by atoms with Crippen molar-refractivity contribution in [2.45, 2.75) is 58.0 Å². The second kappa shape index (κ2) is 6.36. The quantitative estimate of drug-likeness (QED) is 0.646. The Balaban J connectivity index is 2.53. The van der Waals surface area contributed by atoms with E-state index in [1.807, 2.05) is 6.92 Å². The van der Waals surface area contributed by atoms with E-state index in [1.54, 1.807) is 0 Å². The summed E-state index contributed by atoms with van der Waals surface area (Å²) in [6, 6.07) is 0.418. The van der Waals surface area contributed by atoms with Crippen molar-refractivity contribution in [1.29, 1.82) is 0 Å². The van der Waals surface area contributed by atoms with Crippen molar-refractivity contribution in [3.8, 4) is 0 Å². The standard InChI is InChI=1S/C13H26N2O2/c1-4-6-9-15(5-2)10-13(3,12(16)17)14-11-7-8-11/h11,14H,4-10H2,1-3H3,(H,16,17). The predicted molar refractivity (Wildman–Crippen MR) is 69.2 cm³/mol. The van der Waals surface area contributed by atoms with E-state index in [4.69, 9.17) is 0 Å². The van der Waals surface area contributed by atoms with E-state index in [0.29, 0.717) is 12.6 Å². The van der Waals surface area contributed by atoms with Gasteiger partial charge in [0.05, 0.1) is 0 Å². The number of unbranched alkanes of at least 4 members (excludes halogenated alkanes) is 1. The molecular weight excluding hydrogens is 216 g/mol. The Bertz CT molecular complexity index is 254. The minimum absolute atomic E-state index is 0.418. The monoisotopic (exact) mass is 242 g/mol. The lowest BCUT2D eigenvalue weighted by atomic mass is 10.0. The van der Waals surface area contributed by atoms with Gasteiger partial charge in [-0.1, -0.05) is 20.3 Å². The fourth-order valence-corrected chi connectivity index (χ4v) is 2.03. The number of carbonyl (C=O) groups is 1. The van der Waals surface area contributed by atoms with Crippen molar-refractivity contribution in [3.63, 3.8) is 0 Å². The molecule has 4 nitrogen and oxygen atoms in total. The van der Waals surface area contributed by atoms with Gasteiger partial charge in [-0.05, 0) is 39.3 Å². The molecule has 1 saturated carbocycles. The van der Waals surface area contributed by atoms with Crippen molar-refractivity contribution in [1.82, 2.24) is 10.2 Å². The van der Waals surface area contributed by atoms with Crippen LogP contribution in [0.25, 0.3) is 0 Å². The van der Waals surface area contributed by atoms with Gasteiger partial charge < -0.3 is 10.0 Å². The summed E-state index contributed by atoms with van der Waals surface area (Å²) < 4.78 is 0. The molecule has 0 aromatic rings. The summed E-state index contributed by atoms with van der Waals surface area (Å²) in [6.07, 6.45) is 4.51. The van der Waals surface area contributed by atoms with Crippen LogP contribution in [-0.4, -0.2) is 47.2 Å². The molecule has 0 aromatic heterocycles. The number of likely N-dealkylation sites (N-methyl/N-ethyl adjacent to an activating group) is 1. The van der Waals surface area contributed by atoms with Gasteiger partial charge >= 0.3 is 5.97 Å². The van der Waals surface area contributed by atoms with Crippen LogP contribution < -0.4 is 5.32 Å². The maximum atomic E-state index is 11.4. The Morgan fingerprint density at radius 1 is 1.47 bits per heavy atom. The molecule has 0 bridgehead atoms. The first kappa shape index (κ1) is 14.5. The molecule has 4 heteroatoms. The van der Waals surface area contributed by atoms with Gasteiger partial charge in [-0.3, -0.25) is 10.1 Å². The molecule has 0 saturated heterocycles. The average molecular weight is 242 g/mol. The lowest BCUT2D eigenvalue weighted by Crippen LogP contribution is -2.57. The van der Waals surface area contributed by atoms with Gasteiger partial charge in [0.25, 0.3) is 0 Å². The zero-order valence-electron chi connectivity index (χ0n) is 11.3. The Labute approximate surface area is 104 Å². The molecule has 0 radical (unpaired) electrons. The molecule has 1 aliphatic rings. The molecule has 0 aliphatic heterocycles. The third-order valence-corrected chi connectivity index (χ3v) is 3.39. The predicted octanol–water partition coefficient (Wildman–Crippen LogP) is 1.70. The third kappa shape index (κ3) is 4.64. The van der Waals surface area contributed by atoms with E-state index in [1.165, 1.54) is 0 Å². The first-order valence-corrected chi connectivity index (χ1v) is 6.75. The van der Waals surface area contributed by atoms with Crippen LogP contribution in [0.1, 0.15) is 46.5 Å². The fourth-order valence-electron chi connectivity index (χ4n) is 2.03. The van der Waals surface area contributed by atoms with Crippen LogP contribution in [0, 0.1) is 0 Å². The number of aliphatic carboxylic acids is 1. The van der Waals surface area contributed by atoms with E-state index in [0.717, 1.165) is 38.8 Å². The molecule has 1 unspecified atom stereocenters. The van der Waals surface area contributed by atoms with Crippen molar-refractivity contribution in [3.05, 3.63) is 0 Å². The molecule has 0 aromatic carbocycles. The second-order valence-corrected chi connectivity index (χ2v) is 5.28. The van der Waals surface area contributed by atoms with Crippen molar-refractivity contribution in [2.75, 3.05) is 19.6 Å². The van der Waals surface area contributed by atoms with Crippen LogP contribution in [0.15, 0.2) is 0 Å². The lowest BCUT2D eigenvalue weighted by Gasteiger charge is -2.32. The Hall–Kier alpha value is -0.610. The SMILES string of the molecule is CCCCN(CC)CC(C)(NC1CC1)C(=O)O. The van der Waals surface area contributed by atoms with E-state index in [2.05, 4.69) is 24.1 Å². The Kier molecular flexibility index (Phi) is 5.40. The smallest absolute Gasteiger partial charge is 0.324 e. The third-order valence-electron chi connectivity index (χ3n) is 3.39. The van der Waals surface area contributed by atoms with Gasteiger partial charge in [-0.25, -0.2) is 0 Å². The van der Waals surface area contributed by atoms with Crippen LogP contribution in [0.2, 0.25) is 0 Å².